The predicted octanol–water partition coefficient (Wildman–Crippen LogP) is 4.94. The molecular weight excluding hydrogens is 276 g/mol. The molecular formula is C15H17BrO. The van der Waals surface area contributed by atoms with Gasteiger partial charge in [0.15, 0.2) is 0 Å². The summed E-state index contributed by atoms with van der Waals surface area (Å²) < 4.78 is 5.50. The van der Waals surface area contributed by atoms with E-state index in [0.717, 1.165) is 12.2 Å². The van der Waals surface area contributed by atoms with Crippen LogP contribution in [-0.4, -0.2) is 0 Å². The molecule has 0 radical (unpaired) electrons. The zero-order valence-corrected chi connectivity index (χ0v) is 12.0. The maximum absolute atomic E-state index is 5.50. The molecule has 0 aliphatic carbocycles. The third-order valence-electron chi connectivity index (χ3n) is 3.08. The molecule has 0 saturated carbocycles. The summed E-state index contributed by atoms with van der Waals surface area (Å²) in [5.74, 6) is 1.06. The Labute approximate surface area is 111 Å². The molecule has 0 aliphatic rings. The summed E-state index contributed by atoms with van der Waals surface area (Å²) in [6.07, 6.45) is 2.70. The predicted molar refractivity (Wildman–Crippen MR) is 74.8 cm³/mol. The Morgan fingerprint density at radius 1 is 1.18 bits per heavy atom. The van der Waals surface area contributed by atoms with Crippen molar-refractivity contribution in [2.45, 2.75) is 32.0 Å². The van der Waals surface area contributed by atoms with Crippen molar-refractivity contribution in [3.8, 4) is 0 Å². The number of halogens is 1. The van der Waals surface area contributed by atoms with Crippen LogP contribution in [0.5, 0.6) is 0 Å². The Morgan fingerprint density at radius 2 is 1.94 bits per heavy atom. The molecule has 90 valence electrons. The Balaban J connectivity index is 2.43. The van der Waals surface area contributed by atoms with Crippen molar-refractivity contribution in [2.24, 2.45) is 0 Å². The summed E-state index contributed by atoms with van der Waals surface area (Å²) in [6.45, 7) is 6.39. The molecule has 1 atom stereocenters. The smallest absolute Gasteiger partial charge is 0.108 e. The zero-order valence-electron chi connectivity index (χ0n) is 10.5. The highest BCUT2D eigenvalue weighted by Crippen LogP contribution is 2.35. The highest BCUT2D eigenvalue weighted by Gasteiger charge is 2.17. The highest BCUT2D eigenvalue weighted by molar-refractivity contribution is 9.09. The quantitative estimate of drug-likeness (QED) is 0.730. The van der Waals surface area contributed by atoms with Crippen molar-refractivity contribution in [2.75, 3.05) is 0 Å². The van der Waals surface area contributed by atoms with Crippen LogP contribution in [0.15, 0.2) is 34.9 Å². The molecule has 0 spiro atoms. The fourth-order valence-electron chi connectivity index (χ4n) is 2.06. The number of furan rings is 1. The summed E-state index contributed by atoms with van der Waals surface area (Å²) in [5, 5.41) is 0. The lowest BCUT2D eigenvalue weighted by atomic mass is 9.98. The lowest BCUT2D eigenvalue weighted by Crippen LogP contribution is -1.98. The van der Waals surface area contributed by atoms with Crippen molar-refractivity contribution in [3.05, 3.63) is 58.5 Å². The second-order valence-electron chi connectivity index (χ2n) is 4.38. The van der Waals surface area contributed by atoms with E-state index in [-0.39, 0.29) is 4.83 Å². The van der Waals surface area contributed by atoms with Crippen LogP contribution in [-0.2, 0) is 6.42 Å². The Kier molecular flexibility index (Phi) is 3.72. The fraction of sp³-hybridized carbons (Fsp3) is 0.333. The molecule has 1 aromatic carbocycles. The van der Waals surface area contributed by atoms with Gasteiger partial charge in [0.2, 0.25) is 0 Å². The zero-order chi connectivity index (χ0) is 12.4. The first-order valence-corrected chi connectivity index (χ1v) is 6.82. The van der Waals surface area contributed by atoms with Gasteiger partial charge in [0.05, 0.1) is 11.1 Å². The minimum Gasteiger partial charge on any atom is -0.469 e. The SMILES string of the molecule is CCc1occc1C(Br)c1cc(C)ccc1C. The minimum absolute atomic E-state index is 0.219. The summed E-state index contributed by atoms with van der Waals surface area (Å²) >= 11 is 3.79. The monoisotopic (exact) mass is 292 g/mol. The second-order valence-corrected chi connectivity index (χ2v) is 5.29. The van der Waals surface area contributed by atoms with Crippen molar-refractivity contribution >= 4 is 15.9 Å². The van der Waals surface area contributed by atoms with Gasteiger partial charge in [0.25, 0.3) is 0 Å². The van der Waals surface area contributed by atoms with Gasteiger partial charge in [-0.25, -0.2) is 0 Å². The first-order chi connectivity index (χ1) is 8.13. The number of alkyl halides is 1. The number of aryl methyl sites for hydroxylation is 3. The van der Waals surface area contributed by atoms with E-state index in [1.54, 1.807) is 6.26 Å². The van der Waals surface area contributed by atoms with Crippen LogP contribution >= 0.6 is 15.9 Å². The van der Waals surface area contributed by atoms with Gasteiger partial charge in [0.1, 0.15) is 5.76 Å². The molecule has 1 heterocycles. The summed E-state index contributed by atoms with van der Waals surface area (Å²) in [7, 11) is 0. The van der Waals surface area contributed by atoms with Crippen molar-refractivity contribution < 1.29 is 4.42 Å². The van der Waals surface area contributed by atoms with Crippen molar-refractivity contribution in [1.29, 1.82) is 0 Å². The second kappa shape index (κ2) is 5.09. The van der Waals surface area contributed by atoms with E-state index in [1.165, 1.54) is 22.3 Å². The van der Waals surface area contributed by atoms with Crippen LogP contribution in [0.4, 0.5) is 0 Å². The van der Waals surface area contributed by atoms with Gasteiger partial charge in [-0.2, -0.15) is 0 Å². The summed E-state index contributed by atoms with van der Waals surface area (Å²) in [5.41, 5.74) is 5.15. The molecule has 1 unspecified atom stereocenters. The third-order valence-corrected chi connectivity index (χ3v) is 4.07. The normalized spacial score (nSPS) is 12.7. The van der Waals surface area contributed by atoms with Crippen molar-refractivity contribution in [1.82, 2.24) is 0 Å². The van der Waals surface area contributed by atoms with E-state index < -0.39 is 0 Å². The maximum atomic E-state index is 5.50. The third kappa shape index (κ3) is 2.47. The maximum Gasteiger partial charge on any atom is 0.108 e. The largest absolute Gasteiger partial charge is 0.469 e. The van der Waals surface area contributed by atoms with E-state index in [9.17, 15) is 0 Å². The van der Waals surface area contributed by atoms with Gasteiger partial charge >= 0.3 is 0 Å². The Bertz CT molecular complexity index is 513. The van der Waals surface area contributed by atoms with Crippen LogP contribution in [0.1, 0.15) is 39.8 Å². The average Bonchev–Trinajstić information content (AvgIpc) is 2.79. The molecule has 17 heavy (non-hydrogen) atoms. The number of benzene rings is 1. The molecule has 0 saturated heterocycles. The molecule has 0 bridgehead atoms. The molecule has 2 rings (SSSR count). The van der Waals surface area contributed by atoms with E-state index >= 15 is 0 Å². The van der Waals surface area contributed by atoms with Crippen molar-refractivity contribution in [3.63, 3.8) is 0 Å². The minimum atomic E-state index is 0.219. The van der Waals surface area contributed by atoms with Crippen LogP contribution < -0.4 is 0 Å². The molecule has 1 nitrogen and oxygen atoms in total. The van der Waals surface area contributed by atoms with E-state index in [1.807, 2.05) is 0 Å². The number of hydrogen-bond acceptors (Lipinski definition) is 1. The van der Waals surface area contributed by atoms with Gasteiger partial charge in [-0.15, -0.1) is 0 Å². The average molecular weight is 293 g/mol. The van der Waals surface area contributed by atoms with Gasteiger partial charge in [-0.1, -0.05) is 46.6 Å². The number of hydrogen-bond donors (Lipinski definition) is 0. The first kappa shape index (κ1) is 12.4. The molecule has 0 amide bonds. The molecule has 0 N–H and O–H groups in total. The van der Waals surface area contributed by atoms with E-state index in [0.29, 0.717) is 0 Å². The topological polar surface area (TPSA) is 13.1 Å². The molecule has 0 fully saturated rings. The van der Waals surface area contributed by atoms with Gasteiger partial charge in [-0.05, 0) is 31.0 Å². The van der Waals surface area contributed by atoms with E-state index in [4.69, 9.17) is 4.42 Å². The highest BCUT2D eigenvalue weighted by atomic mass is 79.9. The lowest BCUT2D eigenvalue weighted by molar-refractivity contribution is 0.512. The standard InChI is InChI=1S/C15H17BrO/c1-4-14-12(7-8-17-14)15(16)13-9-10(2)5-6-11(13)3/h5-9,15H,4H2,1-3H3. The summed E-state index contributed by atoms with van der Waals surface area (Å²) in [4.78, 5) is 0.219. The van der Waals surface area contributed by atoms with E-state index in [2.05, 4.69) is 61.0 Å². The van der Waals surface area contributed by atoms with Gasteiger partial charge in [0, 0.05) is 12.0 Å². The molecule has 2 aromatic rings. The van der Waals surface area contributed by atoms with Gasteiger partial charge in [-0.3, -0.25) is 0 Å². The Morgan fingerprint density at radius 3 is 2.65 bits per heavy atom. The fourth-order valence-corrected chi connectivity index (χ4v) is 2.97. The molecule has 2 heteroatoms. The van der Waals surface area contributed by atoms with Gasteiger partial charge < -0.3 is 4.42 Å². The van der Waals surface area contributed by atoms with Crippen LogP contribution in [0.25, 0.3) is 0 Å². The summed E-state index contributed by atoms with van der Waals surface area (Å²) in [6, 6.07) is 8.61. The van der Waals surface area contributed by atoms with Crippen LogP contribution in [0.3, 0.4) is 0 Å². The van der Waals surface area contributed by atoms with Crippen LogP contribution in [0.2, 0.25) is 0 Å². The lowest BCUT2D eigenvalue weighted by Gasteiger charge is -2.14. The molecule has 0 aliphatic heterocycles. The van der Waals surface area contributed by atoms with Crippen LogP contribution in [0, 0.1) is 13.8 Å². The molecule has 1 aromatic heterocycles. The first-order valence-electron chi connectivity index (χ1n) is 5.91. The number of rotatable bonds is 3. The Hall–Kier alpha value is -1.02.